The Kier molecular flexibility index (Phi) is 4.83. The lowest BCUT2D eigenvalue weighted by Crippen LogP contribution is -2.42. The predicted octanol–water partition coefficient (Wildman–Crippen LogP) is 2.35. The molecular formula is C15H23NO3S. The zero-order valence-electron chi connectivity index (χ0n) is 12.1. The third-order valence-corrected chi connectivity index (χ3v) is 5.94. The average molecular weight is 297 g/mol. The van der Waals surface area contributed by atoms with Gasteiger partial charge in [0.1, 0.15) is 0 Å². The lowest BCUT2D eigenvalue weighted by Gasteiger charge is -2.29. The van der Waals surface area contributed by atoms with E-state index in [-0.39, 0.29) is 6.54 Å². The van der Waals surface area contributed by atoms with Gasteiger partial charge in [0.25, 0.3) is 0 Å². The molecule has 1 aromatic rings. The number of hydrogen-bond acceptors (Lipinski definition) is 3. The van der Waals surface area contributed by atoms with Gasteiger partial charge in [-0.05, 0) is 42.9 Å². The number of hydrogen-bond donors (Lipinski definition) is 1. The first-order chi connectivity index (χ1) is 9.45. The van der Waals surface area contributed by atoms with Gasteiger partial charge in [0.05, 0.1) is 11.0 Å². The molecule has 0 aromatic heterocycles. The van der Waals surface area contributed by atoms with E-state index in [1.807, 2.05) is 12.1 Å². The van der Waals surface area contributed by atoms with Crippen LogP contribution in [0.1, 0.15) is 44.6 Å². The Balaban J connectivity index is 2.21. The van der Waals surface area contributed by atoms with E-state index in [9.17, 15) is 13.5 Å². The second kappa shape index (κ2) is 6.24. The lowest BCUT2D eigenvalue weighted by molar-refractivity contribution is 0.108. The van der Waals surface area contributed by atoms with E-state index in [0.29, 0.717) is 30.2 Å². The van der Waals surface area contributed by atoms with Crippen LogP contribution < -0.4 is 0 Å². The number of nitrogens with zero attached hydrogens (tertiary/aromatic N) is 1. The molecular weight excluding hydrogens is 274 g/mol. The highest BCUT2D eigenvalue weighted by molar-refractivity contribution is 7.89. The summed E-state index contributed by atoms with van der Waals surface area (Å²) in [6.45, 7) is 4.94. The fraction of sp³-hybridized carbons (Fsp3) is 0.600. The summed E-state index contributed by atoms with van der Waals surface area (Å²) in [5, 5.41) is 9.63. The number of benzene rings is 1. The third-order valence-electron chi connectivity index (χ3n) is 4.06. The summed E-state index contributed by atoms with van der Waals surface area (Å²) in [7, 11) is -3.47. The molecule has 0 bridgehead atoms. The zero-order valence-corrected chi connectivity index (χ0v) is 12.9. The number of rotatable bonds is 4. The third kappa shape index (κ3) is 3.22. The molecule has 0 saturated carbocycles. The Hall–Kier alpha value is -0.910. The summed E-state index contributed by atoms with van der Waals surface area (Å²) in [5.41, 5.74) is 1.16. The van der Waals surface area contributed by atoms with Crippen molar-refractivity contribution >= 4 is 10.0 Å². The maximum Gasteiger partial charge on any atom is 0.243 e. The van der Waals surface area contributed by atoms with E-state index >= 15 is 0 Å². The molecule has 1 aliphatic rings. The van der Waals surface area contributed by atoms with Gasteiger partial charge in [0, 0.05) is 13.1 Å². The van der Waals surface area contributed by atoms with Gasteiger partial charge >= 0.3 is 0 Å². The predicted molar refractivity (Wildman–Crippen MR) is 79.1 cm³/mol. The summed E-state index contributed by atoms with van der Waals surface area (Å²) in [6.07, 6.45) is 1.88. The number of sulfonamides is 1. The molecule has 0 radical (unpaired) electrons. The summed E-state index contributed by atoms with van der Waals surface area (Å²) in [4.78, 5) is 0.318. The normalized spacial score (nSPS) is 22.6. The van der Waals surface area contributed by atoms with Crippen LogP contribution in [0.3, 0.4) is 0 Å². The van der Waals surface area contributed by atoms with Crippen LogP contribution in [-0.2, 0) is 10.0 Å². The maximum absolute atomic E-state index is 12.5. The minimum Gasteiger partial charge on any atom is -0.392 e. The Labute approximate surface area is 121 Å². The van der Waals surface area contributed by atoms with Crippen LogP contribution in [0.15, 0.2) is 29.2 Å². The van der Waals surface area contributed by atoms with Crippen LogP contribution >= 0.6 is 0 Å². The van der Waals surface area contributed by atoms with Crippen LogP contribution in [-0.4, -0.2) is 37.0 Å². The standard InChI is InChI=1S/C15H23NO3S/c1-3-12(2)13-6-8-15(9-7-13)20(18,19)16-10-4-5-14(17)11-16/h6-9,12,14,17H,3-5,10-11H2,1-2H3. The molecule has 1 aliphatic heterocycles. The molecule has 1 aromatic carbocycles. The van der Waals surface area contributed by atoms with E-state index < -0.39 is 16.1 Å². The summed E-state index contributed by atoms with van der Waals surface area (Å²) >= 11 is 0. The highest BCUT2D eigenvalue weighted by Crippen LogP contribution is 2.24. The summed E-state index contributed by atoms with van der Waals surface area (Å²) in [5.74, 6) is 0.434. The quantitative estimate of drug-likeness (QED) is 0.928. The Bertz CT molecular complexity index is 539. The molecule has 1 saturated heterocycles. The van der Waals surface area contributed by atoms with Crippen molar-refractivity contribution in [2.24, 2.45) is 0 Å². The number of β-amino-alcohol motifs (C(OH)–C–C–N with tert-alkyl or cyclic N) is 1. The summed E-state index contributed by atoms with van der Waals surface area (Å²) < 4.78 is 26.4. The largest absolute Gasteiger partial charge is 0.392 e. The zero-order chi connectivity index (χ0) is 14.8. The monoisotopic (exact) mass is 297 g/mol. The minimum atomic E-state index is -3.47. The van der Waals surface area contributed by atoms with Crippen LogP contribution in [0.25, 0.3) is 0 Å². The Morgan fingerprint density at radius 2 is 2.00 bits per heavy atom. The van der Waals surface area contributed by atoms with Gasteiger partial charge in [-0.15, -0.1) is 0 Å². The van der Waals surface area contributed by atoms with Crippen LogP contribution in [0, 0.1) is 0 Å². The van der Waals surface area contributed by atoms with Crippen molar-refractivity contribution in [2.45, 2.75) is 50.0 Å². The summed E-state index contributed by atoms with van der Waals surface area (Å²) in [6, 6.07) is 7.14. The van der Waals surface area contributed by atoms with Gasteiger partial charge in [-0.2, -0.15) is 4.31 Å². The highest BCUT2D eigenvalue weighted by Gasteiger charge is 2.29. The minimum absolute atomic E-state index is 0.204. The van der Waals surface area contributed by atoms with Gasteiger partial charge in [-0.25, -0.2) is 8.42 Å². The van der Waals surface area contributed by atoms with Gasteiger partial charge in [0.15, 0.2) is 0 Å². The van der Waals surface area contributed by atoms with Crippen molar-refractivity contribution in [2.75, 3.05) is 13.1 Å². The fourth-order valence-electron chi connectivity index (χ4n) is 2.49. The molecule has 0 spiro atoms. The van der Waals surface area contributed by atoms with E-state index in [1.54, 1.807) is 12.1 Å². The Morgan fingerprint density at radius 1 is 1.35 bits per heavy atom. The van der Waals surface area contributed by atoms with Crippen LogP contribution in [0.4, 0.5) is 0 Å². The molecule has 0 amide bonds. The number of aliphatic hydroxyl groups excluding tert-OH is 1. The maximum atomic E-state index is 12.5. The van der Waals surface area contributed by atoms with E-state index in [0.717, 1.165) is 12.0 Å². The lowest BCUT2D eigenvalue weighted by atomic mass is 9.99. The molecule has 20 heavy (non-hydrogen) atoms. The molecule has 1 N–H and O–H groups in total. The van der Waals surface area contributed by atoms with E-state index in [1.165, 1.54) is 4.31 Å². The Morgan fingerprint density at radius 3 is 2.55 bits per heavy atom. The van der Waals surface area contributed by atoms with Gasteiger partial charge in [0.2, 0.25) is 10.0 Å². The van der Waals surface area contributed by atoms with Crippen LogP contribution in [0.5, 0.6) is 0 Å². The van der Waals surface area contributed by atoms with Crippen LogP contribution in [0.2, 0.25) is 0 Å². The molecule has 1 heterocycles. The highest BCUT2D eigenvalue weighted by atomic mass is 32.2. The first kappa shape index (κ1) is 15.5. The molecule has 2 rings (SSSR count). The first-order valence-electron chi connectivity index (χ1n) is 7.23. The van der Waals surface area contributed by atoms with Crippen molar-refractivity contribution in [3.05, 3.63) is 29.8 Å². The smallest absolute Gasteiger partial charge is 0.243 e. The van der Waals surface area contributed by atoms with Gasteiger partial charge < -0.3 is 5.11 Å². The molecule has 112 valence electrons. The molecule has 2 atom stereocenters. The van der Waals surface area contributed by atoms with Crippen molar-refractivity contribution in [1.82, 2.24) is 4.31 Å². The molecule has 4 nitrogen and oxygen atoms in total. The number of aliphatic hydroxyl groups is 1. The number of piperidine rings is 1. The van der Waals surface area contributed by atoms with Crippen molar-refractivity contribution in [3.63, 3.8) is 0 Å². The van der Waals surface area contributed by atoms with Crippen molar-refractivity contribution < 1.29 is 13.5 Å². The molecule has 5 heteroatoms. The van der Waals surface area contributed by atoms with Crippen molar-refractivity contribution in [1.29, 1.82) is 0 Å². The van der Waals surface area contributed by atoms with E-state index in [2.05, 4.69) is 13.8 Å². The van der Waals surface area contributed by atoms with Crippen molar-refractivity contribution in [3.8, 4) is 0 Å². The molecule has 0 aliphatic carbocycles. The molecule has 2 unspecified atom stereocenters. The van der Waals surface area contributed by atoms with E-state index in [4.69, 9.17) is 0 Å². The van der Waals surface area contributed by atoms with Gasteiger partial charge in [-0.1, -0.05) is 26.0 Å². The SMILES string of the molecule is CCC(C)c1ccc(S(=O)(=O)N2CCCC(O)C2)cc1. The topological polar surface area (TPSA) is 57.6 Å². The average Bonchev–Trinajstić information content (AvgIpc) is 2.46. The first-order valence-corrected chi connectivity index (χ1v) is 8.67. The van der Waals surface area contributed by atoms with Gasteiger partial charge in [-0.3, -0.25) is 0 Å². The second-order valence-corrected chi connectivity index (χ2v) is 7.48. The fourth-order valence-corrected chi connectivity index (χ4v) is 4.01. The molecule has 1 fully saturated rings. The second-order valence-electron chi connectivity index (χ2n) is 5.54.